The summed E-state index contributed by atoms with van der Waals surface area (Å²) in [4.78, 5) is 16.8. The molecule has 1 amide bonds. The van der Waals surface area contributed by atoms with Crippen LogP contribution in [0, 0.1) is 16.9 Å². The van der Waals surface area contributed by atoms with E-state index in [-0.39, 0.29) is 11.3 Å². The fourth-order valence-electron chi connectivity index (χ4n) is 2.61. The fraction of sp³-hybridized carbons (Fsp3) is 0.333. The molecular formula is C21H25BrClN6O+. The van der Waals surface area contributed by atoms with Gasteiger partial charge in [0.05, 0.1) is 11.9 Å². The van der Waals surface area contributed by atoms with Crippen molar-refractivity contribution >= 4 is 45.5 Å². The van der Waals surface area contributed by atoms with Gasteiger partial charge in [-0.3, -0.25) is 15.1 Å². The van der Waals surface area contributed by atoms with E-state index in [1.165, 1.54) is 11.0 Å². The number of amides is 1. The van der Waals surface area contributed by atoms with Crippen LogP contribution in [0.3, 0.4) is 0 Å². The van der Waals surface area contributed by atoms with E-state index in [1.54, 1.807) is 36.7 Å². The van der Waals surface area contributed by atoms with E-state index in [1.807, 2.05) is 27.7 Å². The van der Waals surface area contributed by atoms with E-state index in [0.717, 1.165) is 16.5 Å². The quantitative estimate of drug-likeness (QED) is 0.102. The van der Waals surface area contributed by atoms with Gasteiger partial charge in [-0.25, -0.2) is 5.43 Å². The first kappa shape index (κ1) is 23.6. The average molecular weight is 493 g/mol. The molecular weight excluding hydrogens is 468 g/mol. The minimum absolute atomic E-state index is 0.242. The highest BCUT2D eigenvalue weighted by molar-refractivity contribution is 9.10. The van der Waals surface area contributed by atoms with Crippen LogP contribution in [-0.4, -0.2) is 28.1 Å². The number of hydrogen-bond donors (Lipinski definition) is 3. The second-order valence-electron chi connectivity index (χ2n) is 7.66. The Morgan fingerprint density at radius 2 is 2.00 bits per heavy atom. The van der Waals surface area contributed by atoms with Crippen LogP contribution in [0.2, 0.25) is 5.02 Å². The Labute approximate surface area is 190 Å². The first-order chi connectivity index (χ1) is 14.2. The highest BCUT2D eigenvalue weighted by atomic mass is 79.9. The maximum Gasteiger partial charge on any atom is 0.394 e. The van der Waals surface area contributed by atoms with E-state index >= 15 is 0 Å². The maximum atomic E-state index is 12.6. The maximum absolute atomic E-state index is 12.6. The van der Waals surface area contributed by atoms with Gasteiger partial charge in [-0.1, -0.05) is 44.0 Å². The minimum atomic E-state index is -0.440. The average Bonchev–Trinajstić information content (AvgIpc) is 2.69. The number of pyridine rings is 1. The lowest BCUT2D eigenvalue weighted by Gasteiger charge is -2.29. The summed E-state index contributed by atoms with van der Waals surface area (Å²) in [6, 6.07) is 6.66. The van der Waals surface area contributed by atoms with Crippen LogP contribution in [0.15, 0.2) is 41.1 Å². The van der Waals surface area contributed by atoms with E-state index in [4.69, 9.17) is 11.6 Å². The number of rotatable bonds is 7. The summed E-state index contributed by atoms with van der Waals surface area (Å²) in [7, 11) is 0. The molecule has 0 bridgehead atoms. The molecule has 2 rings (SSSR count). The molecule has 0 saturated heterocycles. The van der Waals surface area contributed by atoms with Crippen LogP contribution in [-0.2, 0) is 6.42 Å². The summed E-state index contributed by atoms with van der Waals surface area (Å²) in [5.41, 5.74) is 4.91. The number of nitrogens with one attached hydrogen (secondary N) is 3. The molecule has 158 valence electrons. The molecule has 2 aromatic rings. The summed E-state index contributed by atoms with van der Waals surface area (Å²) >= 11 is 9.37. The Morgan fingerprint density at radius 1 is 1.33 bits per heavy atom. The second kappa shape index (κ2) is 10.4. The third kappa shape index (κ3) is 6.44. The third-order valence-corrected chi connectivity index (χ3v) is 5.26. The molecule has 0 aliphatic carbocycles. The number of carbonyl (C=O) groups is 1. The predicted molar refractivity (Wildman–Crippen MR) is 122 cm³/mol. The Bertz CT molecular complexity index is 963. The zero-order valence-corrected chi connectivity index (χ0v) is 19.7. The number of hydrazone groups is 1. The number of hydrazine groups is 1. The van der Waals surface area contributed by atoms with E-state index in [0.29, 0.717) is 16.3 Å². The van der Waals surface area contributed by atoms with E-state index < -0.39 is 6.17 Å². The zero-order valence-electron chi connectivity index (χ0n) is 17.3. The van der Waals surface area contributed by atoms with Crippen molar-refractivity contribution in [3.8, 4) is 6.19 Å². The summed E-state index contributed by atoms with van der Waals surface area (Å²) in [6.45, 7) is 7.97. The lowest BCUT2D eigenvalue weighted by Crippen LogP contribution is -2.53. The normalized spacial score (nSPS) is 12.6. The molecule has 9 heteroatoms. The highest BCUT2D eigenvalue weighted by Gasteiger charge is 2.28. The zero-order chi connectivity index (χ0) is 22.3. The first-order valence-electron chi connectivity index (χ1n) is 9.39. The van der Waals surface area contributed by atoms with E-state index in [2.05, 4.69) is 43.2 Å². The van der Waals surface area contributed by atoms with Crippen molar-refractivity contribution in [1.82, 2.24) is 15.6 Å². The Morgan fingerprint density at radius 3 is 2.57 bits per heavy atom. The van der Waals surface area contributed by atoms with Gasteiger partial charge < -0.3 is 5.32 Å². The number of carbonyl (C=O) groups excluding carboxylic acids is 1. The molecule has 0 fully saturated rings. The van der Waals surface area contributed by atoms with Crippen molar-refractivity contribution in [2.45, 2.75) is 40.3 Å². The number of nitriles is 1. The van der Waals surface area contributed by atoms with Gasteiger partial charge in [-0.15, -0.1) is 0 Å². The van der Waals surface area contributed by atoms with Gasteiger partial charge in [0, 0.05) is 31.9 Å². The van der Waals surface area contributed by atoms with Gasteiger partial charge in [0.1, 0.15) is 6.17 Å². The molecule has 0 radical (unpaired) electrons. The molecule has 0 aliphatic heterocycles. The van der Waals surface area contributed by atoms with Crippen LogP contribution in [0.4, 0.5) is 5.69 Å². The molecule has 0 aliphatic rings. The molecule has 7 nitrogen and oxygen atoms in total. The summed E-state index contributed by atoms with van der Waals surface area (Å²) in [5, 5.41) is 16.2. The van der Waals surface area contributed by atoms with Gasteiger partial charge in [0.2, 0.25) is 6.34 Å². The van der Waals surface area contributed by atoms with Gasteiger partial charge >= 0.3 is 6.19 Å². The van der Waals surface area contributed by atoms with Crippen LogP contribution < -0.4 is 16.1 Å². The lowest BCUT2D eigenvalue weighted by molar-refractivity contribution is -0.400. The number of nitrogens with zero attached hydrogens (tertiary/aromatic N) is 3. The first-order valence-corrected chi connectivity index (χ1v) is 10.6. The number of benzene rings is 1. The number of halogens is 2. The lowest BCUT2D eigenvalue weighted by atomic mass is 9.92. The van der Waals surface area contributed by atoms with Crippen molar-refractivity contribution in [2.24, 2.45) is 5.41 Å². The summed E-state index contributed by atoms with van der Waals surface area (Å²) in [5.74, 6) is -0.242. The highest BCUT2D eigenvalue weighted by Crippen LogP contribution is 2.23. The van der Waals surface area contributed by atoms with Crippen molar-refractivity contribution < 1.29 is 9.48 Å². The van der Waals surface area contributed by atoms with Gasteiger partial charge in [-0.05, 0) is 52.2 Å². The Kier molecular flexibility index (Phi) is 8.21. The van der Waals surface area contributed by atoms with Crippen molar-refractivity contribution in [2.75, 3.05) is 5.43 Å². The predicted octanol–water partition coefficient (Wildman–Crippen LogP) is 4.30. The minimum Gasteiger partial charge on any atom is -0.319 e. The van der Waals surface area contributed by atoms with Crippen molar-refractivity contribution in [3.05, 3.63) is 57.3 Å². The molecule has 1 heterocycles. The van der Waals surface area contributed by atoms with Crippen LogP contribution in [0.1, 0.15) is 43.6 Å². The summed E-state index contributed by atoms with van der Waals surface area (Å²) in [6.07, 6.45) is 7.23. The monoisotopic (exact) mass is 491 g/mol. The van der Waals surface area contributed by atoms with Crippen LogP contribution in [0.25, 0.3) is 0 Å². The Hall–Kier alpha value is -2.63. The van der Waals surface area contributed by atoms with Crippen molar-refractivity contribution in [3.63, 3.8) is 0 Å². The number of hydrogen-bond acceptors (Lipinski definition) is 4. The number of anilines is 1. The van der Waals surface area contributed by atoms with Crippen LogP contribution >= 0.6 is 27.5 Å². The molecule has 1 atom stereocenters. The SMILES string of the molecule is CCc1c(Br)cncc1N[N+](C#N)=CNC(NC(=O)c1ccc(Cl)cc1)C(C)(C)C. The molecule has 1 aromatic carbocycles. The standard InChI is InChI=1S/C21H24BrClN6O/c1-5-16-17(22)10-25-11-18(16)28-29(12-24)13-26-20(21(2,3)4)27-19(30)14-6-8-15(23)9-7-14/h6-11,13,20,28H,5H2,1-4H3,(H,27,30)/p+1. The molecule has 1 aromatic heterocycles. The second-order valence-corrected chi connectivity index (χ2v) is 8.95. The number of aromatic nitrogens is 1. The topological polar surface area (TPSA) is 92.8 Å². The van der Waals surface area contributed by atoms with Crippen molar-refractivity contribution in [1.29, 1.82) is 5.26 Å². The van der Waals surface area contributed by atoms with Crippen LogP contribution in [0.5, 0.6) is 0 Å². The van der Waals surface area contributed by atoms with Gasteiger partial charge in [0.25, 0.3) is 5.91 Å². The fourth-order valence-corrected chi connectivity index (χ4v) is 3.34. The molecule has 1 unspecified atom stereocenters. The molecule has 0 spiro atoms. The third-order valence-electron chi connectivity index (χ3n) is 4.33. The van der Waals surface area contributed by atoms with E-state index in [9.17, 15) is 10.1 Å². The summed E-state index contributed by atoms with van der Waals surface area (Å²) < 4.78 is 2.10. The Balaban J connectivity index is 2.18. The molecule has 0 saturated carbocycles. The largest absolute Gasteiger partial charge is 0.394 e. The van der Waals surface area contributed by atoms with Gasteiger partial charge in [0.15, 0.2) is 0 Å². The molecule has 30 heavy (non-hydrogen) atoms. The smallest absolute Gasteiger partial charge is 0.319 e. The molecule has 3 N–H and O–H groups in total. The van der Waals surface area contributed by atoms with Gasteiger partial charge in [-0.2, -0.15) is 0 Å².